The summed E-state index contributed by atoms with van der Waals surface area (Å²) in [6.45, 7) is 8.58. The SMILES string of the molecule is CCOC(=O)c1c(NC(=O)Cc2cn(C)c3ccccc23)sc(C(=O)N(CC)CC)c1C. The molecule has 1 N–H and O–H groups in total. The first-order valence-electron chi connectivity index (χ1n) is 10.7. The molecule has 3 aromatic rings. The highest BCUT2D eigenvalue weighted by molar-refractivity contribution is 7.18. The van der Waals surface area contributed by atoms with Crippen molar-refractivity contribution < 1.29 is 19.1 Å². The number of rotatable bonds is 8. The monoisotopic (exact) mass is 455 g/mol. The van der Waals surface area contributed by atoms with Gasteiger partial charge in [0.2, 0.25) is 5.91 Å². The van der Waals surface area contributed by atoms with Gasteiger partial charge in [-0.15, -0.1) is 11.3 Å². The minimum Gasteiger partial charge on any atom is -0.462 e. The average molecular weight is 456 g/mol. The molecule has 7 nitrogen and oxygen atoms in total. The fourth-order valence-electron chi connectivity index (χ4n) is 3.82. The first-order chi connectivity index (χ1) is 15.3. The second kappa shape index (κ2) is 9.99. The third kappa shape index (κ3) is 4.55. The number of aromatic nitrogens is 1. The molecule has 0 unspecified atom stereocenters. The third-order valence-electron chi connectivity index (χ3n) is 5.45. The van der Waals surface area contributed by atoms with Crippen LogP contribution in [0.3, 0.4) is 0 Å². The molecule has 0 atom stereocenters. The van der Waals surface area contributed by atoms with Crippen LogP contribution in [0, 0.1) is 6.92 Å². The minimum atomic E-state index is -0.541. The molecule has 0 saturated heterocycles. The van der Waals surface area contributed by atoms with Crippen molar-refractivity contribution in [2.24, 2.45) is 7.05 Å². The van der Waals surface area contributed by atoms with Crippen molar-refractivity contribution in [3.05, 3.63) is 52.0 Å². The van der Waals surface area contributed by atoms with E-state index in [1.807, 2.05) is 55.9 Å². The van der Waals surface area contributed by atoms with E-state index in [0.717, 1.165) is 27.8 Å². The zero-order valence-electron chi connectivity index (χ0n) is 19.2. The predicted octanol–water partition coefficient (Wildman–Crippen LogP) is 4.39. The molecule has 1 aromatic carbocycles. The number of ether oxygens (including phenoxy) is 1. The molecule has 3 rings (SSSR count). The summed E-state index contributed by atoms with van der Waals surface area (Å²) in [6.07, 6.45) is 2.09. The van der Waals surface area contributed by atoms with E-state index >= 15 is 0 Å². The molecule has 0 aliphatic carbocycles. The highest BCUT2D eigenvalue weighted by Gasteiger charge is 2.28. The summed E-state index contributed by atoms with van der Waals surface area (Å²) in [6, 6.07) is 7.89. The number of hydrogen-bond donors (Lipinski definition) is 1. The molecule has 2 heterocycles. The van der Waals surface area contributed by atoms with Gasteiger partial charge in [0.15, 0.2) is 0 Å². The highest BCUT2D eigenvalue weighted by atomic mass is 32.1. The zero-order valence-corrected chi connectivity index (χ0v) is 20.0. The smallest absolute Gasteiger partial charge is 0.341 e. The highest BCUT2D eigenvalue weighted by Crippen LogP contribution is 2.35. The van der Waals surface area contributed by atoms with E-state index in [1.165, 1.54) is 0 Å². The molecule has 0 spiro atoms. The van der Waals surface area contributed by atoms with Crippen LogP contribution in [0.2, 0.25) is 0 Å². The Labute approximate surface area is 192 Å². The van der Waals surface area contributed by atoms with Crippen molar-refractivity contribution in [2.75, 3.05) is 25.0 Å². The Morgan fingerprint density at radius 3 is 2.47 bits per heavy atom. The maximum absolute atomic E-state index is 13.0. The molecule has 0 bridgehead atoms. The van der Waals surface area contributed by atoms with Gasteiger partial charge in [0.1, 0.15) is 5.00 Å². The molecule has 2 aromatic heterocycles. The number of amides is 2. The number of esters is 1. The second-order valence-corrected chi connectivity index (χ2v) is 8.49. The topological polar surface area (TPSA) is 80.6 Å². The van der Waals surface area contributed by atoms with Crippen molar-refractivity contribution in [3.8, 4) is 0 Å². The largest absolute Gasteiger partial charge is 0.462 e. The van der Waals surface area contributed by atoms with Crippen LogP contribution < -0.4 is 5.32 Å². The number of hydrogen-bond acceptors (Lipinski definition) is 5. The number of anilines is 1. The number of thiophene rings is 1. The molecule has 0 fully saturated rings. The lowest BCUT2D eigenvalue weighted by atomic mass is 10.1. The lowest BCUT2D eigenvalue weighted by Gasteiger charge is -2.18. The number of carbonyl (C=O) groups is 3. The Morgan fingerprint density at radius 1 is 1.12 bits per heavy atom. The number of nitrogens with one attached hydrogen (secondary N) is 1. The predicted molar refractivity (Wildman–Crippen MR) is 128 cm³/mol. The summed E-state index contributed by atoms with van der Waals surface area (Å²) < 4.78 is 7.19. The first kappa shape index (κ1) is 23.5. The molecular formula is C24H29N3O4S. The van der Waals surface area contributed by atoms with Crippen molar-refractivity contribution in [1.82, 2.24) is 9.47 Å². The molecule has 2 amide bonds. The van der Waals surface area contributed by atoms with Gasteiger partial charge in [0.25, 0.3) is 5.91 Å². The molecule has 0 aliphatic rings. The van der Waals surface area contributed by atoms with Crippen molar-refractivity contribution in [2.45, 2.75) is 34.1 Å². The van der Waals surface area contributed by atoms with E-state index in [1.54, 1.807) is 18.7 Å². The number of para-hydroxylation sites is 1. The number of nitrogens with zero attached hydrogens (tertiary/aromatic N) is 2. The van der Waals surface area contributed by atoms with Crippen LogP contribution in [0.1, 0.15) is 51.9 Å². The van der Waals surface area contributed by atoms with Gasteiger partial charge in [-0.05, 0) is 44.9 Å². The third-order valence-corrected chi connectivity index (χ3v) is 6.65. The Hall–Kier alpha value is -3.13. The van der Waals surface area contributed by atoms with E-state index in [0.29, 0.717) is 28.5 Å². The van der Waals surface area contributed by atoms with Gasteiger partial charge in [0, 0.05) is 37.2 Å². The summed E-state index contributed by atoms with van der Waals surface area (Å²) in [5.41, 5.74) is 2.72. The van der Waals surface area contributed by atoms with Crippen LogP contribution in [0.5, 0.6) is 0 Å². The standard InChI is InChI=1S/C24H29N3O4S/c1-6-27(7-2)23(29)21-15(4)20(24(30)31-8-3)22(32-21)25-19(28)13-16-14-26(5)18-12-10-9-11-17(16)18/h9-12,14H,6-8,13H2,1-5H3,(H,25,28). The lowest BCUT2D eigenvalue weighted by molar-refractivity contribution is -0.115. The Bertz CT molecular complexity index is 1160. The fourth-order valence-corrected chi connectivity index (χ4v) is 5.00. The van der Waals surface area contributed by atoms with Gasteiger partial charge < -0.3 is 19.5 Å². The molecule has 32 heavy (non-hydrogen) atoms. The van der Waals surface area contributed by atoms with Gasteiger partial charge in [-0.3, -0.25) is 9.59 Å². The number of fused-ring (bicyclic) bond motifs is 1. The Balaban J connectivity index is 1.93. The number of benzene rings is 1. The first-order valence-corrected chi connectivity index (χ1v) is 11.6. The minimum absolute atomic E-state index is 0.153. The molecule has 8 heteroatoms. The van der Waals surface area contributed by atoms with Gasteiger partial charge in [-0.2, -0.15) is 0 Å². The summed E-state index contributed by atoms with van der Waals surface area (Å²) in [5, 5.41) is 4.22. The molecule has 0 aliphatic heterocycles. The van der Waals surface area contributed by atoms with Crippen LogP contribution >= 0.6 is 11.3 Å². The Morgan fingerprint density at radius 2 is 1.81 bits per heavy atom. The van der Waals surface area contributed by atoms with Gasteiger partial charge in [-0.1, -0.05) is 18.2 Å². The molecule has 170 valence electrons. The van der Waals surface area contributed by atoms with E-state index in [9.17, 15) is 14.4 Å². The van der Waals surface area contributed by atoms with Gasteiger partial charge in [0.05, 0.1) is 23.5 Å². The van der Waals surface area contributed by atoms with Crippen LogP contribution in [0.15, 0.2) is 30.5 Å². The quantitative estimate of drug-likeness (QED) is 0.511. The fraction of sp³-hybridized carbons (Fsp3) is 0.375. The average Bonchev–Trinajstić information content (AvgIpc) is 3.25. The summed E-state index contributed by atoms with van der Waals surface area (Å²) in [7, 11) is 1.94. The van der Waals surface area contributed by atoms with Crippen molar-refractivity contribution >= 4 is 45.0 Å². The summed E-state index contributed by atoms with van der Waals surface area (Å²) in [5.74, 6) is -0.951. The Kier molecular flexibility index (Phi) is 7.35. The van der Waals surface area contributed by atoms with Crippen LogP contribution in [-0.4, -0.2) is 46.9 Å². The van der Waals surface area contributed by atoms with E-state index in [2.05, 4.69) is 5.32 Å². The second-order valence-electron chi connectivity index (χ2n) is 7.47. The van der Waals surface area contributed by atoms with Crippen molar-refractivity contribution in [3.63, 3.8) is 0 Å². The number of aryl methyl sites for hydroxylation is 1. The lowest BCUT2D eigenvalue weighted by Crippen LogP contribution is -2.30. The maximum Gasteiger partial charge on any atom is 0.341 e. The van der Waals surface area contributed by atoms with Crippen LogP contribution in [0.4, 0.5) is 5.00 Å². The van der Waals surface area contributed by atoms with Crippen LogP contribution in [-0.2, 0) is 23.0 Å². The molecule has 0 radical (unpaired) electrons. The maximum atomic E-state index is 13.0. The normalized spacial score (nSPS) is 10.9. The van der Waals surface area contributed by atoms with E-state index in [4.69, 9.17) is 4.74 Å². The summed E-state index contributed by atoms with van der Waals surface area (Å²) in [4.78, 5) is 40.7. The number of carbonyl (C=O) groups excluding carboxylic acids is 3. The zero-order chi connectivity index (χ0) is 23.4. The van der Waals surface area contributed by atoms with Gasteiger partial charge in [-0.25, -0.2) is 4.79 Å². The summed E-state index contributed by atoms with van der Waals surface area (Å²) >= 11 is 1.13. The molecular weight excluding hydrogens is 426 g/mol. The van der Waals surface area contributed by atoms with E-state index in [-0.39, 0.29) is 30.4 Å². The van der Waals surface area contributed by atoms with Gasteiger partial charge >= 0.3 is 5.97 Å². The molecule has 0 saturated carbocycles. The van der Waals surface area contributed by atoms with Crippen LogP contribution in [0.25, 0.3) is 10.9 Å². The van der Waals surface area contributed by atoms with E-state index < -0.39 is 5.97 Å². The van der Waals surface area contributed by atoms with Crippen molar-refractivity contribution in [1.29, 1.82) is 0 Å².